The van der Waals surface area contributed by atoms with Crippen molar-refractivity contribution in [1.29, 1.82) is 0 Å². The second kappa shape index (κ2) is 9.67. The predicted octanol–water partition coefficient (Wildman–Crippen LogP) is 4.99. The van der Waals surface area contributed by atoms with Crippen LogP contribution in [-0.4, -0.2) is 28.5 Å². The second-order valence-electron chi connectivity index (χ2n) is 6.67. The molecule has 0 radical (unpaired) electrons. The summed E-state index contributed by atoms with van der Waals surface area (Å²) in [5.41, 5.74) is 4.94. The molecule has 3 aromatic carbocycles. The van der Waals surface area contributed by atoms with Crippen LogP contribution in [0.1, 0.15) is 5.56 Å². The lowest BCUT2D eigenvalue weighted by Crippen LogP contribution is -2.17. The van der Waals surface area contributed by atoms with Gasteiger partial charge in [-0.25, -0.2) is 0 Å². The molecule has 0 amide bonds. The van der Waals surface area contributed by atoms with Crippen LogP contribution < -0.4 is 10.6 Å². The fraction of sp³-hybridized carbons (Fsp3) is 0.130. The number of nitrogens with one attached hydrogen (secondary N) is 2. The van der Waals surface area contributed by atoms with Crippen molar-refractivity contribution >= 4 is 27.6 Å². The van der Waals surface area contributed by atoms with Crippen LogP contribution in [-0.2, 0) is 6.54 Å². The zero-order valence-corrected chi connectivity index (χ0v) is 17.8. The van der Waals surface area contributed by atoms with E-state index in [0.29, 0.717) is 25.0 Å². The van der Waals surface area contributed by atoms with Gasteiger partial charge in [0.1, 0.15) is 0 Å². The van der Waals surface area contributed by atoms with Crippen molar-refractivity contribution in [2.24, 2.45) is 0 Å². The largest absolute Gasteiger partial charge is 0.403 e. The molecule has 0 atom stereocenters. The summed E-state index contributed by atoms with van der Waals surface area (Å²) in [6, 6.07) is 24.3. The fourth-order valence-electron chi connectivity index (χ4n) is 3.11. The minimum Gasteiger partial charge on any atom is -0.403 e. The Morgan fingerprint density at radius 1 is 0.900 bits per heavy atom. The second-order valence-corrected chi connectivity index (χ2v) is 7.46. The predicted molar refractivity (Wildman–Crippen MR) is 121 cm³/mol. The number of halogens is 1. The first-order valence-electron chi connectivity index (χ1n) is 9.60. The third-order valence-corrected chi connectivity index (χ3v) is 5.39. The van der Waals surface area contributed by atoms with Crippen LogP contribution in [0, 0.1) is 0 Å². The van der Waals surface area contributed by atoms with Crippen molar-refractivity contribution in [2.75, 3.05) is 18.5 Å². The summed E-state index contributed by atoms with van der Waals surface area (Å²) in [5, 5.41) is 23.6. The zero-order chi connectivity index (χ0) is 20.8. The molecule has 1 aromatic heterocycles. The summed E-state index contributed by atoms with van der Waals surface area (Å²) < 4.78 is 6.78. The summed E-state index contributed by atoms with van der Waals surface area (Å²) in [7, 11) is 0. The first-order valence-corrected chi connectivity index (χ1v) is 10.4. The normalized spacial score (nSPS) is 10.9. The van der Waals surface area contributed by atoms with E-state index in [4.69, 9.17) is 9.52 Å². The van der Waals surface area contributed by atoms with Crippen molar-refractivity contribution < 1.29 is 9.52 Å². The molecule has 0 saturated carbocycles. The van der Waals surface area contributed by atoms with Gasteiger partial charge in [-0.15, -0.1) is 5.10 Å². The highest BCUT2D eigenvalue weighted by atomic mass is 79.9. The molecule has 4 aromatic rings. The van der Waals surface area contributed by atoms with E-state index in [0.717, 1.165) is 32.4 Å². The van der Waals surface area contributed by atoms with Gasteiger partial charge in [0.05, 0.1) is 12.2 Å². The number of hydrogen-bond donors (Lipinski definition) is 3. The summed E-state index contributed by atoms with van der Waals surface area (Å²) in [6.45, 7) is 1.34. The van der Waals surface area contributed by atoms with E-state index in [-0.39, 0.29) is 6.61 Å². The first kappa shape index (κ1) is 20.3. The molecule has 0 aliphatic heterocycles. The van der Waals surface area contributed by atoms with Crippen LogP contribution in [0.15, 0.2) is 81.7 Å². The summed E-state index contributed by atoms with van der Waals surface area (Å²) in [5.74, 6) is 0.433. The molecule has 0 aliphatic carbocycles. The van der Waals surface area contributed by atoms with Gasteiger partial charge >= 0.3 is 6.01 Å². The SMILES string of the molecule is OCCNCc1cccc(Nc2nnc(-c3cccc(-c4ccccc4)c3Br)o2)c1. The molecule has 1 heterocycles. The molecule has 0 saturated heterocycles. The van der Waals surface area contributed by atoms with Gasteiger partial charge in [0, 0.05) is 23.2 Å². The average Bonchev–Trinajstić information content (AvgIpc) is 3.23. The number of nitrogens with zero attached hydrogens (tertiary/aromatic N) is 2. The van der Waals surface area contributed by atoms with Gasteiger partial charge in [-0.3, -0.25) is 0 Å². The molecule has 0 spiro atoms. The summed E-state index contributed by atoms with van der Waals surface area (Å²) >= 11 is 3.70. The van der Waals surface area contributed by atoms with E-state index in [9.17, 15) is 0 Å². The topological polar surface area (TPSA) is 83.2 Å². The molecule has 4 rings (SSSR count). The van der Waals surface area contributed by atoms with E-state index in [1.54, 1.807) is 0 Å². The lowest BCUT2D eigenvalue weighted by Gasteiger charge is -2.08. The van der Waals surface area contributed by atoms with Crippen LogP contribution in [0.4, 0.5) is 11.7 Å². The zero-order valence-electron chi connectivity index (χ0n) is 16.2. The monoisotopic (exact) mass is 464 g/mol. The third kappa shape index (κ3) is 4.76. The Kier molecular flexibility index (Phi) is 6.53. The van der Waals surface area contributed by atoms with Gasteiger partial charge in [-0.2, -0.15) is 0 Å². The summed E-state index contributed by atoms with van der Waals surface area (Å²) in [6.07, 6.45) is 0. The number of hydrogen-bond acceptors (Lipinski definition) is 6. The maximum atomic E-state index is 8.89. The minimum atomic E-state index is 0.115. The highest BCUT2D eigenvalue weighted by molar-refractivity contribution is 9.10. The maximum Gasteiger partial charge on any atom is 0.320 e. The van der Waals surface area contributed by atoms with Crippen LogP contribution in [0.2, 0.25) is 0 Å². The van der Waals surface area contributed by atoms with E-state index >= 15 is 0 Å². The Morgan fingerprint density at radius 3 is 2.53 bits per heavy atom. The molecule has 152 valence electrons. The Hall–Kier alpha value is -3.00. The first-order chi connectivity index (χ1) is 14.7. The average molecular weight is 465 g/mol. The van der Waals surface area contributed by atoms with Gasteiger partial charge in [-0.05, 0) is 50.8 Å². The Bertz CT molecular complexity index is 1120. The number of anilines is 2. The molecule has 3 N–H and O–H groups in total. The van der Waals surface area contributed by atoms with Crippen molar-refractivity contribution in [3.8, 4) is 22.6 Å². The van der Waals surface area contributed by atoms with E-state index in [1.807, 2.05) is 54.6 Å². The van der Waals surface area contributed by atoms with Gasteiger partial charge < -0.3 is 20.2 Å². The fourth-order valence-corrected chi connectivity index (χ4v) is 3.78. The Labute approximate surface area is 183 Å². The minimum absolute atomic E-state index is 0.115. The van der Waals surface area contributed by atoms with Crippen molar-refractivity contribution in [1.82, 2.24) is 15.5 Å². The summed E-state index contributed by atoms with van der Waals surface area (Å²) in [4.78, 5) is 0. The molecule has 0 fully saturated rings. The molecule has 0 unspecified atom stereocenters. The highest BCUT2D eigenvalue weighted by Crippen LogP contribution is 2.36. The molecule has 0 bridgehead atoms. The molecule has 6 nitrogen and oxygen atoms in total. The Morgan fingerprint density at radius 2 is 1.70 bits per heavy atom. The van der Waals surface area contributed by atoms with Crippen LogP contribution in [0.5, 0.6) is 0 Å². The standard InChI is InChI=1S/C23H21BrN4O2/c24-21-19(17-7-2-1-3-8-17)10-5-11-20(21)22-27-28-23(30-22)26-18-9-4-6-16(14-18)15-25-12-13-29/h1-11,14,25,29H,12-13,15H2,(H,26,28). The van der Waals surface area contributed by atoms with E-state index < -0.39 is 0 Å². The van der Waals surface area contributed by atoms with E-state index in [1.165, 1.54) is 0 Å². The van der Waals surface area contributed by atoms with Crippen molar-refractivity contribution in [3.05, 3.63) is 82.8 Å². The lowest BCUT2D eigenvalue weighted by molar-refractivity contribution is 0.292. The number of aliphatic hydroxyl groups is 1. The molecule has 0 aliphatic rings. The van der Waals surface area contributed by atoms with Gasteiger partial charge in [0.25, 0.3) is 5.89 Å². The molecule has 7 heteroatoms. The molecular formula is C23H21BrN4O2. The van der Waals surface area contributed by atoms with Crippen LogP contribution in [0.25, 0.3) is 22.6 Å². The van der Waals surface area contributed by atoms with Crippen LogP contribution >= 0.6 is 15.9 Å². The number of rotatable bonds is 8. The molecule has 30 heavy (non-hydrogen) atoms. The number of aromatic nitrogens is 2. The number of aliphatic hydroxyl groups excluding tert-OH is 1. The van der Waals surface area contributed by atoms with E-state index in [2.05, 4.69) is 55.0 Å². The Balaban J connectivity index is 1.53. The van der Waals surface area contributed by atoms with Crippen LogP contribution in [0.3, 0.4) is 0 Å². The molecular weight excluding hydrogens is 444 g/mol. The quantitative estimate of drug-likeness (QED) is 0.318. The lowest BCUT2D eigenvalue weighted by atomic mass is 10.0. The van der Waals surface area contributed by atoms with Crippen molar-refractivity contribution in [2.45, 2.75) is 6.54 Å². The highest BCUT2D eigenvalue weighted by Gasteiger charge is 2.15. The van der Waals surface area contributed by atoms with Gasteiger partial charge in [-0.1, -0.05) is 59.7 Å². The van der Waals surface area contributed by atoms with Gasteiger partial charge in [0.2, 0.25) is 0 Å². The van der Waals surface area contributed by atoms with Crippen molar-refractivity contribution in [3.63, 3.8) is 0 Å². The smallest absolute Gasteiger partial charge is 0.320 e. The maximum absolute atomic E-state index is 8.89. The number of benzene rings is 3. The van der Waals surface area contributed by atoms with Gasteiger partial charge in [0.15, 0.2) is 0 Å². The third-order valence-electron chi connectivity index (χ3n) is 4.53.